The normalized spacial score (nSPS) is 10.5. The van der Waals surface area contributed by atoms with Crippen LogP contribution in [0.15, 0.2) is 59.5 Å². The van der Waals surface area contributed by atoms with E-state index >= 15 is 0 Å². The second-order valence-electron chi connectivity index (χ2n) is 5.30. The molecule has 8 heteroatoms. The highest BCUT2D eigenvalue weighted by atomic mass is 32.2. The Morgan fingerprint density at radius 1 is 1.04 bits per heavy atom. The molecule has 1 heterocycles. The Labute approximate surface area is 158 Å². The van der Waals surface area contributed by atoms with Gasteiger partial charge in [-0.15, -0.1) is 22.0 Å². The van der Waals surface area contributed by atoms with Gasteiger partial charge < -0.3 is 5.11 Å². The SMILES string of the molecule is O=C(CSc1ccccc1C(=O)O)Nc1nnc(Cc2ccccc2)s1. The minimum atomic E-state index is -1.01. The molecule has 0 saturated heterocycles. The molecule has 3 rings (SSSR count). The van der Waals surface area contributed by atoms with E-state index in [2.05, 4.69) is 15.5 Å². The number of hydrogen-bond donors (Lipinski definition) is 2. The van der Waals surface area contributed by atoms with Crippen molar-refractivity contribution in [2.45, 2.75) is 11.3 Å². The second kappa shape index (κ2) is 8.59. The van der Waals surface area contributed by atoms with Crippen LogP contribution in [0.3, 0.4) is 0 Å². The number of hydrogen-bond acceptors (Lipinski definition) is 6. The molecule has 26 heavy (non-hydrogen) atoms. The van der Waals surface area contributed by atoms with Crippen LogP contribution in [0.25, 0.3) is 0 Å². The summed E-state index contributed by atoms with van der Waals surface area (Å²) in [5.41, 5.74) is 1.31. The van der Waals surface area contributed by atoms with Gasteiger partial charge in [0.05, 0.1) is 11.3 Å². The number of amides is 1. The molecule has 0 fully saturated rings. The van der Waals surface area contributed by atoms with Crippen molar-refractivity contribution < 1.29 is 14.7 Å². The smallest absolute Gasteiger partial charge is 0.336 e. The maximum atomic E-state index is 12.1. The van der Waals surface area contributed by atoms with Gasteiger partial charge in [-0.1, -0.05) is 53.8 Å². The van der Waals surface area contributed by atoms with E-state index in [4.69, 9.17) is 5.11 Å². The van der Waals surface area contributed by atoms with Crippen LogP contribution in [0, 0.1) is 0 Å². The Morgan fingerprint density at radius 2 is 1.77 bits per heavy atom. The number of aromatic nitrogens is 2. The van der Waals surface area contributed by atoms with Crippen LogP contribution in [-0.2, 0) is 11.2 Å². The predicted molar refractivity (Wildman–Crippen MR) is 102 cm³/mol. The molecule has 2 aromatic carbocycles. The molecule has 0 aliphatic heterocycles. The van der Waals surface area contributed by atoms with Crippen molar-refractivity contribution >= 4 is 40.1 Å². The van der Waals surface area contributed by atoms with E-state index in [0.717, 1.165) is 10.6 Å². The van der Waals surface area contributed by atoms with Crippen molar-refractivity contribution in [3.63, 3.8) is 0 Å². The summed E-state index contributed by atoms with van der Waals surface area (Å²) in [6.07, 6.45) is 0.662. The molecule has 1 amide bonds. The number of anilines is 1. The van der Waals surface area contributed by atoms with Crippen molar-refractivity contribution in [3.8, 4) is 0 Å². The third-order valence-electron chi connectivity index (χ3n) is 3.39. The van der Waals surface area contributed by atoms with Crippen LogP contribution >= 0.6 is 23.1 Å². The van der Waals surface area contributed by atoms with E-state index in [1.165, 1.54) is 29.2 Å². The van der Waals surface area contributed by atoms with Crippen molar-refractivity contribution in [2.24, 2.45) is 0 Å². The van der Waals surface area contributed by atoms with Crippen molar-refractivity contribution in [1.29, 1.82) is 0 Å². The molecule has 0 radical (unpaired) electrons. The van der Waals surface area contributed by atoms with E-state index in [9.17, 15) is 9.59 Å². The monoisotopic (exact) mass is 385 g/mol. The Kier molecular flexibility index (Phi) is 5.98. The van der Waals surface area contributed by atoms with Crippen LogP contribution in [0.2, 0.25) is 0 Å². The lowest BCUT2D eigenvalue weighted by atomic mass is 10.2. The quantitative estimate of drug-likeness (QED) is 0.604. The van der Waals surface area contributed by atoms with E-state index in [1.807, 2.05) is 30.3 Å². The molecule has 3 aromatic rings. The van der Waals surface area contributed by atoms with Crippen LogP contribution in [0.1, 0.15) is 20.9 Å². The molecular formula is C18H15N3O3S2. The maximum absolute atomic E-state index is 12.1. The van der Waals surface area contributed by atoms with Gasteiger partial charge in [-0.05, 0) is 17.7 Å². The Hall–Kier alpha value is -2.71. The highest BCUT2D eigenvalue weighted by Crippen LogP contribution is 2.23. The average Bonchev–Trinajstić information content (AvgIpc) is 3.07. The molecule has 132 valence electrons. The minimum absolute atomic E-state index is 0.0951. The first-order valence-corrected chi connectivity index (χ1v) is 9.53. The standard InChI is InChI=1S/C18H15N3O3S2/c22-15(11-25-14-9-5-4-8-13(14)17(23)24)19-18-21-20-16(26-18)10-12-6-2-1-3-7-12/h1-9H,10-11H2,(H,23,24)(H,19,21,22). The summed E-state index contributed by atoms with van der Waals surface area (Å²) in [7, 11) is 0. The number of carbonyl (C=O) groups is 2. The molecule has 2 N–H and O–H groups in total. The fourth-order valence-corrected chi connectivity index (χ4v) is 3.85. The summed E-state index contributed by atoms with van der Waals surface area (Å²) < 4.78 is 0. The first kappa shape index (κ1) is 18.1. The van der Waals surface area contributed by atoms with Gasteiger partial charge in [0.15, 0.2) is 0 Å². The summed E-state index contributed by atoms with van der Waals surface area (Å²) in [4.78, 5) is 23.8. The molecule has 0 bridgehead atoms. The Bertz CT molecular complexity index is 913. The molecule has 6 nitrogen and oxygen atoms in total. The number of carbonyl (C=O) groups excluding carboxylic acids is 1. The largest absolute Gasteiger partial charge is 0.478 e. The van der Waals surface area contributed by atoms with Crippen molar-refractivity contribution in [2.75, 3.05) is 11.1 Å². The van der Waals surface area contributed by atoms with E-state index in [1.54, 1.807) is 18.2 Å². The molecule has 0 saturated carbocycles. The van der Waals surface area contributed by atoms with Crippen LogP contribution in [-0.4, -0.2) is 32.9 Å². The molecule has 0 atom stereocenters. The summed E-state index contributed by atoms with van der Waals surface area (Å²) in [5.74, 6) is -1.17. The lowest BCUT2D eigenvalue weighted by Gasteiger charge is -2.05. The summed E-state index contributed by atoms with van der Waals surface area (Å²) in [6.45, 7) is 0. The van der Waals surface area contributed by atoms with Crippen molar-refractivity contribution in [3.05, 3.63) is 70.7 Å². The van der Waals surface area contributed by atoms with Crippen molar-refractivity contribution in [1.82, 2.24) is 10.2 Å². The van der Waals surface area contributed by atoms with E-state index in [-0.39, 0.29) is 17.2 Å². The molecule has 0 aliphatic rings. The lowest BCUT2D eigenvalue weighted by Crippen LogP contribution is -2.14. The van der Waals surface area contributed by atoms with Crippen LogP contribution < -0.4 is 5.32 Å². The van der Waals surface area contributed by atoms with Gasteiger partial charge >= 0.3 is 5.97 Å². The Balaban J connectivity index is 1.55. The van der Waals surface area contributed by atoms with Gasteiger partial charge in [-0.25, -0.2) is 4.79 Å². The number of carboxylic acid groups (broad SMARTS) is 1. The number of nitrogens with one attached hydrogen (secondary N) is 1. The van der Waals surface area contributed by atoms with E-state index in [0.29, 0.717) is 16.4 Å². The molecular weight excluding hydrogens is 370 g/mol. The van der Waals surface area contributed by atoms with Gasteiger partial charge in [0, 0.05) is 11.3 Å². The molecule has 1 aromatic heterocycles. The third-order valence-corrected chi connectivity index (χ3v) is 5.30. The number of aromatic carboxylic acids is 1. The van der Waals surface area contributed by atoms with Crippen LogP contribution in [0.5, 0.6) is 0 Å². The Morgan fingerprint density at radius 3 is 2.54 bits per heavy atom. The molecule has 0 unspecified atom stereocenters. The van der Waals surface area contributed by atoms with Crippen LogP contribution in [0.4, 0.5) is 5.13 Å². The van der Waals surface area contributed by atoms with E-state index < -0.39 is 5.97 Å². The number of carboxylic acids is 1. The number of nitrogens with zero attached hydrogens (tertiary/aromatic N) is 2. The zero-order valence-corrected chi connectivity index (χ0v) is 15.2. The predicted octanol–water partition coefficient (Wildman–Crippen LogP) is 3.56. The number of benzene rings is 2. The summed E-state index contributed by atoms with van der Waals surface area (Å²) in [5, 5.41) is 21.2. The highest BCUT2D eigenvalue weighted by Gasteiger charge is 2.13. The van der Waals surface area contributed by atoms with Gasteiger partial charge in [-0.2, -0.15) is 0 Å². The maximum Gasteiger partial charge on any atom is 0.336 e. The number of thioether (sulfide) groups is 1. The molecule has 0 spiro atoms. The number of rotatable bonds is 7. The zero-order chi connectivity index (χ0) is 18.4. The lowest BCUT2D eigenvalue weighted by molar-refractivity contribution is -0.113. The fourth-order valence-electron chi connectivity index (χ4n) is 2.21. The van der Waals surface area contributed by atoms with Gasteiger partial charge in [-0.3, -0.25) is 10.1 Å². The average molecular weight is 385 g/mol. The topological polar surface area (TPSA) is 92.2 Å². The first-order valence-electron chi connectivity index (χ1n) is 7.73. The minimum Gasteiger partial charge on any atom is -0.478 e. The molecule has 0 aliphatic carbocycles. The second-order valence-corrected chi connectivity index (χ2v) is 7.38. The van der Waals surface area contributed by atoms with Gasteiger partial charge in [0.1, 0.15) is 5.01 Å². The van der Waals surface area contributed by atoms with Gasteiger partial charge in [0.2, 0.25) is 11.0 Å². The highest BCUT2D eigenvalue weighted by molar-refractivity contribution is 8.00. The summed E-state index contributed by atoms with van der Waals surface area (Å²) in [6, 6.07) is 16.5. The summed E-state index contributed by atoms with van der Waals surface area (Å²) >= 11 is 2.50. The first-order chi connectivity index (χ1) is 12.6. The fraction of sp³-hybridized carbons (Fsp3) is 0.111. The van der Waals surface area contributed by atoms with Gasteiger partial charge in [0.25, 0.3) is 0 Å². The third kappa shape index (κ3) is 4.90. The zero-order valence-electron chi connectivity index (χ0n) is 13.6.